The van der Waals surface area contributed by atoms with Crippen LogP contribution in [0.5, 0.6) is 0 Å². The predicted octanol–water partition coefficient (Wildman–Crippen LogP) is 4.48. The number of hydrogen-bond acceptors (Lipinski definition) is 4. The maximum Gasteiger partial charge on any atom is 0.417 e. The van der Waals surface area contributed by atoms with Gasteiger partial charge in [0.25, 0.3) is 6.43 Å². The maximum atomic E-state index is 13.1. The summed E-state index contributed by atoms with van der Waals surface area (Å²) < 4.78 is 66.0. The summed E-state index contributed by atoms with van der Waals surface area (Å²) in [6.07, 6.45) is -2.69. The molecule has 1 N–H and O–H groups in total. The largest absolute Gasteiger partial charge is 0.417 e. The first-order valence-corrected chi connectivity index (χ1v) is 8.97. The Hall–Kier alpha value is -3.11. The highest BCUT2D eigenvalue weighted by molar-refractivity contribution is 5.97. The molecule has 0 unspecified atom stereocenters. The molecule has 0 saturated carbocycles. The van der Waals surface area contributed by atoms with Gasteiger partial charge in [0.15, 0.2) is 5.65 Å². The second kappa shape index (κ2) is 6.71. The Morgan fingerprint density at radius 3 is 2.67 bits per heavy atom. The van der Waals surface area contributed by atoms with Crippen LogP contribution in [0.15, 0.2) is 30.9 Å². The van der Waals surface area contributed by atoms with E-state index in [1.54, 1.807) is 0 Å². The lowest BCUT2D eigenvalue weighted by molar-refractivity contribution is -0.137. The van der Waals surface area contributed by atoms with Crippen molar-refractivity contribution >= 4 is 17.2 Å². The molecule has 0 aliphatic heterocycles. The molecule has 6 nitrogen and oxygen atoms in total. The van der Waals surface area contributed by atoms with Crippen molar-refractivity contribution in [2.45, 2.75) is 44.2 Å². The lowest BCUT2D eigenvalue weighted by Crippen LogP contribution is -2.22. The molecule has 30 heavy (non-hydrogen) atoms. The minimum Gasteiger partial charge on any atom is -0.324 e. The molecular formula is C19H16F5N5O. The number of hydrogen-bond donors (Lipinski definition) is 1. The van der Waals surface area contributed by atoms with E-state index in [1.165, 1.54) is 10.7 Å². The van der Waals surface area contributed by atoms with Crippen molar-refractivity contribution < 1.29 is 26.7 Å². The van der Waals surface area contributed by atoms with Gasteiger partial charge in [-0.25, -0.2) is 18.3 Å². The van der Waals surface area contributed by atoms with Crippen LogP contribution in [0.3, 0.4) is 0 Å². The van der Waals surface area contributed by atoms with Gasteiger partial charge in [-0.3, -0.25) is 9.78 Å². The number of alkyl halides is 5. The molecule has 1 aliphatic carbocycles. The molecule has 1 atom stereocenters. The fourth-order valence-electron chi connectivity index (χ4n) is 3.88. The monoisotopic (exact) mass is 425 g/mol. The van der Waals surface area contributed by atoms with E-state index < -0.39 is 41.1 Å². The molecule has 0 spiro atoms. The molecule has 0 aromatic carbocycles. The zero-order chi connectivity index (χ0) is 21.8. The maximum absolute atomic E-state index is 13.1. The molecule has 3 aromatic heterocycles. The fourth-order valence-corrected chi connectivity index (χ4v) is 3.88. The zero-order valence-corrected chi connectivity index (χ0v) is 15.8. The minimum atomic E-state index is -4.59. The van der Waals surface area contributed by atoms with Gasteiger partial charge in [0.1, 0.15) is 5.69 Å². The Morgan fingerprint density at radius 1 is 1.27 bits per heavy atom. The number of nitrogens with zero attached hydrogens (tertiary/aromatic N) is 4. The first kappa shape index (κ1) is 20.2. The molecule has 1 aliphatic rings. The highest BCUT2D eigenvalue weighted by Gasteiger charge is 2.43. The van der Waals surface area contributed by atoms with Gasteiger partial charge in [-0.1, -0.05) is 13.8 Å². The Bertz CT molecular complexity index is 1140. The number of pyridine rings is 1. The van der Waals surface area contributed by atoms with Crippen molar-refractivity contribution in [3.8, 4) is 0 Å². The number of carbonyl (C=O) groups excluding carboxylic acids is 1. The third kappa shape index (κ3) is 3.37. The number of carbonyl (C=O) groups is 1. The van der Waals surface area contributed by atoms with Gasteiger partial charge < -0.3 is 5.32 Å². The van der Waals surface area contributed by atoms with Crippen LogP contribution in [0.1, 0.15) is 55.0 Å². The van der Waals surface area contributed by atoms with E-state index in [4.69, 9.17) is 0 Å². The Kier molecular flexibility index (Phi) is 4.51. The number of aromatic nitrogens is 4. The number of rotatable bonds is 3. The van der Waals surface area contributed by atoms with E-state index in [-0.39, 0.29) is 11.3 Å². The van der Waals surface area contributed by atoms with Crippen LogP contribution in [-0.4, -0.2) is 25.5 Å². The summed E-state index contributed by atoms with van der Waals surface area (Å²) in [5.74, 6) is -1.26. The molecule has 11 heteroatoms. The second-order valence-electron chi connectivity index (χ2n) is 7.80. The van der Waals surface area contributed by atoms with E-state index in [0.29, 0.717) is 23.7 Å². The third-order valence-electron chi connectivity index (χ3n) is 5.18. The third-order valence-corrected chi connectivity index (χ3v) is 5.18. The van der Waals surface area contributed by atoms with Gasteiger partial charge in [0, 0.05) is 11.8 Å². The molecular weight excluding hydrogens is 409 g/mol. The van der Waals surface area contributed by atoms with Crippen LogP contribution in [0, 0.1) is 0 Å². The average molecular weight is 425 g/mol. The van der Waals surface area contributed by atoms with Gasteiger partial charge >= 0.3 is 6.18 Å². The van der Waals surface area contributed by atoms with E-state index in [1.807, 2.05) is 13.8 Å². The zero-order valence-electron chi connectivity index (χ0n) is 15.8. The summed E-state index contributed by atoms with van der Waals surface area (Å²) in [5.41, 5.74) is -0.705. The molecule has 1 amide bonds. The molecule has 158 valence electrons. The summed E-state index contributed by atoms with van der Waals surface area (Å²) in [6, 6.07) is 0.802. The van der Waals surface area contributed by atoms with Gasteiger partial charge in [0.05, 0.1) is 35.8 Å². The van der Waals surface area contributed by atoms with Gasteiger partial charge in [-0.05, 0) is 23.5 Å². The number of imidazole rings is 1. The van der Waals surface area contributed by atoms with Crippen LogP contribution < -0.4 is 5.32 Å². The normalized spacial score (nSPS) is 18.1. The topological polar surface area (TPSA) is 72.2 Å². The van der Waals surface area contributed by atoms with Crippen LogP contribution in [0.2, 0.25) is 0 Å². The summed E-state index contributed by atoms with van der Waals surface area (Å²) in [5, 5.41) is 6.56. The Labute approximate surface area is 167 Å². The van der Waals surface area contributed by atoms with Crippen molar-refractivity contribution in [1.82, 2.24) is 19.6 Å². The molecule has 0 bridgehead atoms. The minimum absolute atomic E-state index is 0.0871. The number of amides is 1. The standard InChI is InChI=1S/C19H16F5N5O/c1-18(2)4-11(17(30)27-10-3-9(5-25-6-10)19(22,23)24)12-7-26-29-8-13(15(20)21)28-16(29)14(12)18/h3,5-8,11,15H,4H2,1-2H3,(H,27,30)/t11-/m1/s1. The summed E-state index contributed by atoms with van der Waals surface area (Å²) >= 11 is 0. The average Bonchev–Trinajstić information content (AvgIpc) is 3.20. The summed E-state index contributed by atoms with van der Waals surface area (Å²) in [6.45, 7) is 3.70. The number of nitrogens with one attached hydrogen (secondary N) is 1. The quantitative estimate of drug-likeness (QED) is 0.628. The van der Waals surface area contributed by atoms with Gasteiger partial charge in [0.2, 0.25) is 5.91 Å². The Morgan fingerprint density at radius 2 is 2.00 bits per heavy atom. The SMILES string of the molecule is CC1(C)C[C@@H](C(=O)Nc2cncc(C(F)(F)F)c2)c2cnn3cc(C(F)F)nc3c21. The van der Waals surface area contributed by atoms with Gasteiger partial charge in [-0.2, -0.15) is 18.3 Å². The number of fused-ring (bicyclic) bond motifs is 3. The Balaban J connectivity index is 1.69. The highest BCUT2D eigenvalue weighted by Crippen LogP contribution is 2.47. The molecule has 0 saturated heterocycles. The van der Waals surface area contributed by atoms with Crippen LogP contribution >= 0.6 is 0 Å². The molecule has 0 radical (unpaired) electrons. The molecule has 4 rings (SSSR count). The molecule has 3 heterocycles. The highest BCUT2D eigenvalue weighted by atomic mass is 19.4. The van der Waals surface area contributed by atoms with Crippen LogP contribution in [0.25, 0.3) is 5.65 Å². The first-order valence-electron chi connectivity index (χ1n) is 8.97. The van der Waals surface area contributed by atoms with E-state index in [9.17, 15) is 26.7 Å². The lowest BCUT2D eigenvalue weighted by atomic mass is 9.86. The second-order valence-corrected chi connectivity index (χ2v) is 7.80. The lowest BCUT2D eigenvalue weighted by Gasteiger charge is -2.19. The van der Waals surface area contributed by atoms with E-state index in [0.717, 1.165) is 18.5 Å². The fraction of sp³-hybridized carbons (Fsp3) is 0.368. The van der Waals surface area contributed by atoms with Crippen molar-refractivity contribution in [3.05, 3.63) is 53.2 Å². The van der Waals surface area contributed by atoms with Crippen LogP contribution in [-0.2, 0) is 16.4 Å². The van der Waals surface area contributed by atoms with Gasteiger partial charge in [-0.15, -0.1) is 0 Å². The van der Waals surface area contributed by atoms with E-state index >= 15 is 0 Å². The van der Waals surface area contributed by atoms with Crippen molar-refractivity contribution in [2.24, 2.45) is 0 Å². The molecule has 0 fully saturated rings. The number of anilines is 1. The van der Waals surface area contributed by atoms with Crippen LogP contribution in [0.4, 0.5) is 27.6 Å². The molecule has 3 aromatic rings. The summed E-state index contributed by atoms with van der Waals surface area (Å²) in [7, 11) is 0. The van der Waals surface area contributed by atoms with Crippen molar-refractivity contribution in [1.29, 1.82) is 0 Å². The van der Waals surface area contributed by atoms with Crippen molar-refractivity contribution in [2.75, 3.05) is 5.32 Å². The number of halogens is 5. The first-order chi connectivity index (χ1) is 14.0. The summed E-state index contributed by atoms with van der Waals surface area (Å²) in [4.78, 5) is 20.4. The van der Waals surface area contributed by atoms with E-state index in [2.05, 4.69) is 20.4 Å². The smallest absolute Gasteiger partial charge is 0.324 e. The predicted molar refractivity (Wildman–Crippen MR) is 96.2 cm³/mol. The van der Waals surface area contributed by atoms with Crippen molar-refractivity contribution in [3.63, 3.8) is 0 Å².